The Labute approximate surface area is 107 Å². The second-order valence-corrected chi connectivity index (χ2v) is 4.83. The molecular weight excluding hydrogens is 232 g/mol. The standard InChI is InChI=1S/C13H20N2O3/c1-10-3-4-12(18-10)11(2)15-7-5-14(6-8-15)9-13(16)17/h3-4,11H,5-9H2,1-2H3,(H,16,17). The van der Waals surface area contributed by atoms with Crippen molar-refractivity contribution in [1.29, 1.82) is 0 Å². The molecule has 1 aromatic heterocycles. The molecule has 1 unspecified atom stereocenters. The van der Waals surface area contributed by atoms with Crippen LogP contribution in [-0.2, 0) is 4.79 Å². The Balaban J connectivity index is 1.87. The average molecular weight is 252 g/mol. The Bertz CT molecular complexity index is 408. The maximum atomic E-state index is 10.6. The number of piperazine rings is 1. The molecule has 0 aliphatic carbocycles. The summed E-state index contributed by atoms with van der Waals surface area (Å²) in [5, 5.41) is 8.75. The number of nitrogens with zero attached hydrogens (tertiary/aromatic N) is 2. The SMILES string of the molecule is Cc1ccc(C(C)N2CCN(CC(=O)O)CC2)o1. The number of carbonyl (C=O) groups is 1. The van der Waals surface area contributed by atoms with Crippen molar-refractivity contribution in [3.05, 3.63) is 23.7 Å². The van der Waals surface area contributed by atoms with Gasteiger partial charge in [-0.25, -0.2) is 0 Å². The Kier molecular flexibility index (Phi) is 4.04. The zero-order chi connectivity index (χ0) is 13.1. The maximum absolute atomic E-state index is 10.6. The van der Waals surface area contributed by atoms with Gasteiger partial charge in [0.25, 0.3) is 0 Å². The number of aliphatic carboxylic acids is 1. The van der Waals surface area contributed by atoms with Crippen LogP contribution < -0.4 is 0 Å². The molecule has 5 heteroatoms. The summed E-state index contributed by atoms with van der Waals surface area (Å²) in [4.78, 5) is 14.9. The van der Waals surface area contributed by atoms with Gasteiger partial charge in [0.05, 0.1) is 12.6 Å². The van der Waals surface area contributed by atoms with E-state index in [4.69, 9.17) is 9.52 Å². The molecule has 5 nitrogen and oxygen atoms in total. The number of aryl methyl sites for hydroxylation is 1. The van der Waals surface area contributed by atoms with Gasteiger partial charge in [-0.05, 0) is 26.0 Å². The molecule has 0 bridgehead atoms. The lowest BCUT2D eigenvalue weighted by Gasteiger charge is -2.36. The van der Waals surface area contributed by atoms with E-state index in [9.17, 15) is 4.79 Å². The van der Waals surface area contributed by atoms with Crippen molar-refractivity contribution in [3.8, 4) is 0 Å². The van der Waals surface area contributed by atoms with E-state index in [0.717, 1.165) is 37.7 Å². The first-order valence-electron chi connectivity index (χ1n) is 6.31. The third-order valence-corrected chi connectivity index (χ3v) is 3.49. The topological polar surface area (TPSA) is 56.9 Å². The highest BCUT2D eigenvalue weighted by Gasteiger charge is 2.24. The summed E-state index contributed by atoms with van der Waals surface area (Å²) in [5.74, 6) is 1.17. The van der Waals surface area contributed by atoms with Crippen LogP contribution in [0.3, 0.4) is 0 Å². The molecule has 1 fully saturated rings. The summed E-state index contributed by atoms with van der Waals surface area (Å²) >= 11 is 0. The molecule has 1 saturated heterocycles. The second kappa shape index (κ2) is 5.54. The van der Waals surface area contributed by atoms with Crippen LogP contribution in [0.5, 0.6) is 0 Å². The number of carboxylic acids is 1. The molecule has 1 aromatic rings. The lowest BCUT2D eigenvalue weighted by atomic mass is 10.2. The highest BCUT2D eigenvalue weighted by Crippen LogP contribution is 2.23. The Morgan fingerprint density at radius 1 is 1.39 bits per heavy atom. The van der Waals surface area contributed by atoms with Gasteiger partial charge < -0.3 is 9.52 Å². The average Bonchev–Trinajstić information content (AvgIpc) is 2.75. The lowest BCUT2D eigenvalue weighted by molar-refractivity contribution is -0.138. The molecule has 1 aliphatic heterocycles. The fourth-order valence-electron chi connectivity index (χ4n) is 2.36. The van der Waals surface area contributed by atoms with Crippen molar-refractivity contribution in [3.63, 3.8) is 0 Å². The Morgan fingerprint density at radius 3 is 2.56 bits per heavy atom. The summed E-state index contributed by atoms with van der Waals surface area (Å²) in [5.41, 5.74) is 0. The van der Waals surface area contributed by atoms with Crippen molar-refractivity contribution in [2.24, 2.45) is 0 Å². The van der Waals surface area contributed by atoms with Gasteiger partial charge in [0.15, 0.2) is 0 Å². The number of hydrogen-bond donors (Lipinski definition) is 1. The van der Waals surface area contributed by atoms with Crippen molar-refractivity contribution >= 4 is 5.97 Å². The summed E-state index contributed by atoms with van der Waals surface area (Å²) in [6.45, 7) is 7.59. The van der Waals surface area contributed by atoms with Crippen LogP contribution in [0.15, 0.2) is 16.5 Å². The van der Waals surface area contributed by atoms with Crippen molar-refractivity contribution < 1.29 is 14.3 Å². The van der Waals surface area contributed by atoms with E-state index in [0.29, 0.717) is 0 Å². The number of carboxylic acid groups (broad SMARTS) is 1. The van der Waals surface area contributed by atoms with Crippen LogP contribution in [0.2, 0.25) is 0 Å². The van der Waals surface area contributed by atoms with Crippen molar-refractivity contribution in [2.75, 3.05) is 32.7 Å². The van der Waals surface area contributed by atoms with Crippen LogP contribution in [0, 0.1) is 6.92 Å². The number of rotatable bonds is 4. The van der Waals surface area contributed by atoms with Gasteiger partial charge in [-0.1, -0.05) is 0 Å². The fourth-order valence-corrected chi connectivity index (χ4v) is 2.36. The van der Waals surface area contributed by atoms with Crippen LogP contribution in [0.25, 0.3) is 0 Å². The zero-order valence-electron chi connectivity index (χ0n) is 10.9. The lowest BCUT2D eigenvalue weighted by Crippen LogP contribution is -2.48. The minimum absolute atomic E-state index is 0.141. The molecule has 2 heterocycles. The van der Waals surface area contributed by atoms with E-state index in [1.165, 1.54) is 0 Å². The third kappa shape index (κ3) is 3.11. The predicted molar refractivity (Wildman–Crippen MR) is 67.5 cm³/mol. The first-order chi connectivity index (χ1) is 8.56. The summed E-state index contributed by atoms with van der Waals surface area (Å²) in [7, 11) is 0. The highest BCUT2D eigenvalue weighted by atomic mass is 16.4. The van der Waals surface area contributed by atoms with E-state index in [-0.39, 0.29) is 12.6 Å². The van der Waals surface area contributed by atoms with Gasteiger partial charge >= 0.3 is 5.97 Å². The summed E-state index contributed by atoms with van der Waals surface area (Å²) in [6, 6.07) is 4.25. The summed E-state index contributed by atoms with van der Waals surface area (Å²) in [6.07, 6.45) is 0. The molecular formula is C13H20N2O3. The first-order valence-corrected chi connectivity index (χ1v) is 6.31. The maximum Gasteiger partial charge on any atom is 0.317 e. The van der Waals surface area contributed by atoms with Gasteiger partial charge in [-0.3, -0.25) is 14.6 Å². The van der Waals surface area contributed by atoms with E-state index in [2.05, 4.69) is 11.8 Å². The molecule has 1 aliphatic rings. The first kappa shape index (κ1) is 13.1. The number of hydrogen-bond acceptors (Lipinski definition) is 4. The molecule has 0 saturated carbocycles. The molecule has 1 atom stereocenters. The molecule has 0 radical (unpaired) electrons. The predicted octanol–water partition coefficient (Wildman–Crippen LogP) is 1.35. The molecule has 100 valence electrons. The van der Waals surface area contributed by atoms with Gasteiger partial charge in [-0.15, -0.1) is 0 Å². The van der Waals surface area contributed by atoms with E-state index in [1.807, 2.05) is 24.0 Å². The number of furan rings is 1. The normalized spacial score (nSPS) is 19.9. The smallest absolute Gasteiger partial charge is 0.317 e. The Hall–Kier alpha value is -1.33. The molecule has 0 aromatic carbocycles. The van der Waals surface area contributed by atoms with E-state index in [1.54, 1.807) is 0 Å². The minimum atomic E-state index is -0.752. The second-order valence-electron chi connectivity index (χ2n) is 4.83. The summed E-state index contributed by atoms with van der Waals surface area (Å²) < 4.78 is 5.64. The van der Waals surface area contributed by atoms with Crippen LogP contribution in [-0.4, -0.2) is 53.6 Å². The van der Waals surface area contributed by atoms with E-state index >= 15 is 0 Å². The van der Waals surface area contributed by atoms with Crippen LogP contribution in [0.1, 0.15) is 24.5 Å². The molecule has 18 heavy (non-hydrogen) atoms. The van der Waals surface area contributed by atoms with Gasteiger partial charge in [-0.2, -0.15) is 0 Å². The Morgan fingerprint density at radius 2 is 2.06 bits per heavy atom. The quantitative estimate of drug-likeness (QED) is 0.876. The zero-order valence-corrected chi connectivity index (χ0v) is 10.9. The molecule has 0 spiro atoms. The van der Waals surface area contributed by atoms with Gasteiger partial charge in [0, 0.05) is 26.2 Å². The minimum Gasteiger partial charge on any atom is -0.480 e. The fraction of sp³-hybridized carbons (Fsp3) is 0.615. The van der Waals surface area contributed by atoms with Crippen molar-refractivity contribution in [1.82, 2.24) is 9.80 Å². The molecule has 1 N–H and O–H groups in total. The highest BCUT2D eigenvalue weighted by molar-refractivity contribution is 5.69. The van der Waals surface area contributed by atoms with Crippen molar-refractivity contribution in [2.45, 2.75) is 19.9 Å². The molecule has 0 amide bonds. The third-order valence-electron chi connectivity index (χ3n) is 3.49. The van der Waals surface area contributed by atoms with Crippen LogP contribution >= 0.6 is 0 Å². The van der Waals surface area contributed by atoms with Gasteiger partial charge in [0.1, 0.15) is 11.5 Å². The van der Waals surface area contributed by atoms with E-state index < -0.39 is 5.97 Å². The monoisotopic (exact) mass is 252 g/mol. The van der Waals surface area contributed by atoms with Gasteiger partial charge in [0.2, 0.25) is 0 Å². The largest absolute Gasteiger partial charge is 0.480 e. The molecule has 2 rings (SSSR count). The van der Waals surface area contributed by atoms with Crippen LogP contribution in [0.4, 0.5) is 0 Å².